The molecule has 1 atom stereocenters. The third-order valence-electron chi connectivity index (χ3n) is 15.1. The molecule has 0 aromatic heterocycles. The fourth-order valence-corrected chi connectivity index (χ4v) is 10.2. The zero-order chi connectivity index (χ0) is 51.4. The average molecular weight is 1000 g/mol. The Morgan fingerprint density at radius 2 is 0.380 bits per heavy atom. The number of unbranched alkanes of at least 4 members (excludes halogenated alkanes) is 50. The van der Waals surface area contributed by atoms with Crippen molar-refractivity contribution in [3.63, 3.8) is 0 Å². The minimum Gasteiger partial charge on any atom is -0.462 e. The molecule has 6 nitrogen and oxygen atoms in total. The highest BCUT2D eigenvalue weighted by molar-refractivity contribution is 5.71. The van der Waals surface area contributed by atoms with Gasteiger partial charge in [0.2, 0.25) is 0 Å². The van der Waals surface area contributed by atoms with Gasteiger partial charge in [-0.2, -0.15) is 0 Å². The van der Waals surface area contributed by atoms with E-state index in [2.05, 4.69) is 20.8 Å². The van der Waals surface area contributed by atoms with Crippen LogP contribution in [0.25, 0.3) is 0 Å². The van der Waals surface area contributed by atoms with Crippen molar-refractivity contribution in [1.82, 2.24) is 0 Å². The van der Waals surface area contributed by atoms with Gasteiger partial charge in [0, 0.05) is 19.3 Å². The van der Waals surface area contributed by atoms with Gasteiger partial charge in [-0.1, -0.05) is 342 Å². The molecular weight excluding hydrogens is 877 g/mol. The van der Waals surface area contributed by atoms with E-state index in [-0.39, 0.29) is 31.1 Å². The van der Waals surface area contributed by atoms with Gasteiger partial charge in [-0.25, -0.2) is 0 Å². The van der Waals surface area contributed by atoms with E-state index in [1.807, 2.05) is 0 Å². The molecule has 0 saturated heterocycles. The number of carbonyl (C=O) groups is 3. The Bertz CT molecular complexity index is 1060. The molecule has 0 aliphatic carbocycles. The lowest BCUT2D eigenvalue weighted by molar-refractivity contribution is -0.167. The number of hydrogen-bond donors (Lipinski definition) is 0. The molecule has 71 heavy (non-hydrogen) atoms. The minimum atomic E-state index is -0.760. The van der Waals surface area contributed by atoms with E-state index in [0.717, 1.165) is 57.8 Å². The van der Waals surface area contributed by atoms with Crippen LogP contribution in [-0.4, -0.2) is 37.2 Å². The van der Waals surface area contributed by atoms with Gasteiger partial charge in [0.25, 0.3) is 0 Å². The Morgan fingerprint density at radius 1 is 0.225 bits per heavy atom. The third-order valence-corrected chi connectivity index (χ3v) is 15.1. The zero-order valence-electron chi connectivity index (χ0n) is 48.5. The largest absolute Gasteiger partial charge is 0.462 e. The Morgan fingerprint density at radius 3 is 0.563 bits per heavy atom. The van der Waals surface area contributed by atoms with Gasteiger partial charge in [-0.05, 0) is 19.3 Å². The molecule has 6 heteroatoms. The molecule has 0 heterocycles. The topological polar surface area (TPSA) is 78.9 Å². The van der Waals surface area contributed by atoms with Crippen LogP contribution >= 0.6 is 0 Å². The summed E-state index contributed by atoms with van der Waals surface area (Å²) in [6.07, 6.45) is 70.2. The van der Waals surface area contributed by atoms with Gasteiger partial charge >= 0.3 is 17.9 Å². The minimum absolute atomic E-state index is 0.0618. The summed E-state index contributed by atoms with van der Waals surface area (Å²) >= 11 is 0. The molecular formula is C65H126O6. The van der Waals surface area contributed by atoms with Crippen LogP contribution in [0.4, 0.5) is 0 Å². The predicted molar refractivity (Wildman–Crippen MR) is 307 cm³/mol. The lowest BCUT2D eigenvalue weighted by Gasteiger charge is -2.18. The highest BCUT2D eigenvalue weighted by Crippen LogP contribution is 2.19. The van der Waals surface area contributed by atoms with Gasteiger partial charge in [0.05, 0.1) is 0 Å². The van der Waals surface area contributed by atoms with Crippen molar-refractivity contribution in [2.45, 2.75) is 386 Å². The van der Waals surface area contributed by atoms with Gasteiger partial charge in [0.1, 0.15) is 13.2 Å². The molecule has 0 rings (SSSR count). The van der Waals surface area contributed by atoms with Crippen LogP contribution in [0.2, 0.25) is 0 Å². The van der Waals surface area contributed by atoms with Crippen LogP contribution < -0.4 is 0 Å². The summed E-state index contributed by atoms with van der Waals surface area (Å²) in [6.45, 7) is 6.67. The first-order chi connectivity index (χ1) is 35.0. The van der Waals surface area contributed by atoms with E-state index in [1.54, 1.807) is 0 Å². The Labute approximate surface area is 444 Å². The molecule has 0 saturated carbocycles. The fraction of sp³-hybridized carbons (Fsp3) is 0.954. The average Bonchev–Trinajstić information content (AvgIpc) is 3.37. The molecule has 0 bridgehead atoms. The monoisotopic (exact) mass is 1000 g/mol. The van der Waals surface area contributed by atoms with Crippen LogP contribution in [0.1, 0.15) is 380 Å². The van der Waals surface area contributed by atoms with Gasteiger partial charge < -0.3 is 14.2 Å². The van der Waals surface area contributed by atoms with Crippen molar-refractivity contribution < 1.29 is 28.6 Å². The number of hydrogen-bond acceptors (Lipinski definition) is 6. The predicted octanol–water partition coefficient (Wildman–Crippen LogP) is 21.9. The Kier molecular flexibility index (Phi) is 59.6. The molecule has 0 aromatic rings. The SMILES string of the molecule is CCCCCCCCCCCCCCCCCCCCCCCCCCCC(=O)OCC(COC(=O)CCCCCCCC)OC(=O)CCCCCCCCCCCCCCCCCCCCCCCC. The summed E-state index contributed by atoms with van der Waals surface area (Å²) in [5, 5.41) is 0. The second-order valence-electron chi connectivity index (χ2n) is 22.4. The van der Waals surface area contributed by atoms with E-state index < -0.39 is 6.10 Å². The van der Waals surface area contributed by atoms with Crippen LogP contribution in [0.15, 0.2) is 0 Å². The maximum Gasteiger partial charge on any atom is 0.306 e. The summed E-state index contributed by atoms with van der Waals surface area (Å²) < 4.78 is 16.8. The number of ether oxygens (including phenoxy) is 3. The molecule has 0 aliphatic heterocycles. The van der Waals surface area contributed by atoms with Gasteiger partial charge in [-0.3, -0.25) is 14.4 Å². The molecule has 0 aliphatic rings. The standard InChI is InChI=1S/C65H126O6/c1-4-7-10-13-16-18-20-22-24-26-28-30-32-33-34-36-37-39-41-43-45-47-49-52-55-58-64(67)70-61-62(60-69-63(66)57-54-51-15-12-9-6-3)71-65(68)59-56-53-50-48-46-44-42-40-38-35-31-29-27-25-23-21-19-17-14-11-8-5-2/h62H,4-61H2,1-3H3. The smallest absolute Gasteiger partial charge is 0.306 e. The quantitative estimate of drug-likeness (QED) is 0.0343. The van der Waals surface area contributed by atoms with Crippen molar-refractivity contribution in [3.8, 4) is 0 Å². The first-order valence-electron chi connectivity index (χ1n) is 32.5. The highest BCUT2D eigenvalue weighted by Gasteiger charge is 2.19. The molecule has 0 fully saturated rings. The lowest BCUT2D eigenvalue weighted by Crippen LogP contribution is -2.30. The molecule has 0 amide bonds. The maximum atomic E-state index is 12.8. The Balaban J connectivity index is 3.99. The van der Waals surface area contributed by atoms with E-state index in [0.29, 0.717) is 19.3 Å². The summed E-state index contributed by atoms with van der Waals surface area (Å²) in [4.78, 5) is 38.0. The molecule has 0 N–H and O–H groups in total. The fourth-order valence-electron chi connectivity index (χ4n) is 10.2. The van der Waals surface area contributed by atoms with Crippen molar-refractivity contribution in [2.75, 3.05) is 13.2 Å². The summed E-state index contributed by atoms with van der Waals surface area (Å²) in [7, 11) is 0. The van der Waals surface area contributed by atoms with Crippen molar-refractivity contribution in [2.24, 2.45) is 0 Å². The van der Waals surface area contributed by atoms with Gasteiger partial charge in [0.15, 0.2) is 6.10 Å². The third kappa shape index (κ3) is 59.2. The maximum absolute atomic E-state index is 12.8. The molecule has 422 valence electrons. The second kappa shape index (κ2) is 61.0. The van der Waals surface area contributed by atoms with Crippen LogP contribution in [-0.2, 0) is 28.6 Å². The van der Waals surface area contributed by atoms with Crippen LogP contribution in [0.3, 0.4) is 0 Å². The first-order valence-corrected chi connectivity index (χ1v) is 32.5. The van der Waals surface area contributed by atoms with Crippen LogP contribution in [0, 0.1) is 0 Å². The van der Waals surface area contributed by atoms with E-state index in [4.69, 9.17) is 14.2 Å². The van der Waals surface area contributed by atoms with E-state index >= 15 is 0 Å². The lowest BCUT2D eigenvalue weighted by atomic mass is 10.0. The van der Waals surface area contributed by atoms with E-state index in [1.165, 1.54) is 283 Å². The first kappa shape index (κ1) is 69.4. The number of esters is 3. The summed E-state index contributed by atoms with van der Waals surface area (Å²) in [5.74, 6) is -0.840. The van der Waals surface area contributed by atoms with Gasteiger partial charge in [-0.15, -0.1) is 0 Å². The zero-order valence-corrected chi connectivity index (χ0v) is 48.5. The van der Waals surface area contributed by atoms with Crippen molar-refractivity contribution >= 4 is 17.9 Å². The Hall–Kier alpha value is -1.59. The molecule has 0 spiro atoms. The normalized spacial score (nSPS) is 11.9. The van der Waals surface area contributed by atoms with Crippen LogP contribution in [0.5, 0.6) is 0 Å². The van der Waals surface area contributed by atoms with Crippen molar-refractivity contribution in [3.05, 3.63) is 0 Å². The summed E-state index contributed by atoms with van der Waals surface area (Å²) in [6, 6.07) is 0. The highest BCUT2D eigenvalue weighted by atomic mass is 16.6. The molecule has 0 aromatic carbocycles. The second-order valence-corrected chi connectivity index (χ2v) is 22.4. The van der Waals surface area contributed by atoms with Crippen molar-refractivity contribution in [1.29, 1.82) is 0 Å². The summed E-state index contributed by atoms with van der Waals surface area (Å²) in [5.41, 5.74) is 0. The number of rotatable bonds is 61. The number of carbonyl (C=O) groups excluding carboxylic acids is 3. The molecule has 1 unspecified atom stereocenters. The molecule has 0 radical (unpaired) electrons. The van der Waals surface area contributed by atoms with E-state index in [9.17, 15) is 14.4 Å².